The number of aromatic nitrogens is 2. The van der Waals surface area contributed by atoms with E-state index < -0.39 is 10.6 Å². The summed E-state index contributed by atoms with van der Waals surface area (Å²) in [5.41, 5.74) is -0.411. The number of nitro groups is 1. The molecule has 1 aromatic heterocycles. The first-order valence-electron chi connectivity index (χ1n) is 7.48. The van der Waals surface area contributed by atoms with Gasteiger partial charge < -0.3 is 9.64 Å². The summed E-state index contributed by atoms with van der Waals surface area (Å²) in [5.74, 6) is 0.186. The molecule has 2 aromatic rings. The molecule has 0 amide bonds. The molecule has 0 bridgehead atoms. The number of anilines is 1. The van der Waals surface area contributed by atoms with E-state index in [0.717, 1.165) is 10.8 Å². The second-order valence-corrected chi connectivity index (χ2v) is 5.88. The molecule has 0 unspecified atom stereocenters. The summed E-state index contributed by atoms with van der Waals surface area (Å²) >= 11 is 3.30. The number of benzene rings is 1. The van der Waals surface area contributed by atoms with E-state index in [2.05, 4.69) is 25.9 Å². The van der Waals surface area contributed by atoms with Gasteiger partial charge in [-0.05, 0) is 24.3 Å². The summed E-state index contributed by atoms with van der Waals surface area (Å²) in [6.45, 7) is 0.404. The van der Waals surface area contributed by atoms with Gasteiger partial charge in [-0.25, -0.2) is 4.98 Å². The first-order valence-corrected chi connectivity index (χ1v) is 8.27. The van der Waals surface area contributed by atoms with Gasteiger partial charge in [0.15, 0.2) is 0 Å². The van der Waals surface area contributed by atoms with Crippen LogP contribution < -0.4 is 9.64 Å². The fraction of sp³-hybridized carbons (Fsp3) is 0.250. The second kappa shape index (κ2) is 9.30. The Bertz CT molecular complexity index is 842. The van der Waals surface area contributed by atoms with Crippen LogP contribution in [0, 0.1) is 32.8 Å². The monoisotopic (exact) mass is 416 g/mol. The van der Waals surface area contributed by atoms with Gasteiger partial charge in [-0.15, -0.1) is 0 Å². The maximum absolute atomic E-state index is 11.6. The molecule has 0 aliphatic carbocycles. The third-order valence-corrected chi connectivity index (χ3v) is 3.80. The number of ether oxygens (including phenoxy) is 1. The number of nitrogens with zero attached hydrogens (tertiary/aromatic N) is 6. The van der Waals surface area contributed by atoms with Crippen molar-refractivity contribution in [1.29, 1.82) is 10.5 Å². The number of rotatable bonds is 8. The Kier molecular flexibility index (Phi) is 6.83. The smallest absolute Gasteiger partial charge is 0.373 e. The molecular weight excluding hydrogens is 404 g/mol. The van der Waals surface area contributed by atoms with E-state index >= 15 is 0 Å². The van der Waals surface area contributed by atoms with Gasteiger partial charge in [-0.3, -0.25) is 10.1 Å². The molecule has 1 aromatic carbocycles. The van der Waals surface area contributed by atoms with Crippen LogP contribution in [0.2, 0.25) is 0 Å². The zero-order valence-electron chi connectivity index (χ0n) is 13.5. The lowest BCUT2D eigenvalue weighted by Gasteiger charge is -2.21. The van der Waals surface area contributed by atoms with Crippen molar-refractivity contribution < 1.29 is 9.66 Å². The minimum Gasteiger partial charge on any atom is -0.434 e. The fourth-order valence-electron chi connectivity index (χ4n) is 2.13. The number of nitriles is 2. The molecule has 10 heteroatoms. The Morgan fingerprint density at radius 2 is 1.77 bits per heavy atom. The summed E-state index contributed by atoms with van der Waals surface area (Å²) in [5, 5.41) is 29.2. The molecule has 0 aliphatic heterocycles. The molecule has 0 aliphatic rings. The van der Waals surface area contributed by atoms with Crippen LogP contribution in [-0.4, -0.2) is 28.0 Å². The maximum atomic E-state index is 11.6. The van der Waals surface area contributed by atoms with Crippen LogP contribution in [0.4, 0.5) is 11.5 Å². The maximum Gasteiger partial charge on any atom is 0.373 e. The summed E-state index contributed by atoms with van der Waals surface area (Å²) in [4.78, 5) is 20.4. The van der Waals surface area contributed by atoms with Crippen LogP contribution >= 0.6 is 15.9 Å². The molecule has 0 N–H and O–H groups in total. The highest BCUT2D eigenvalue weighted by molar-refractivity contribution is 9.10. The van der Waals surface area contributed by atoms with E-state index in [9.17, 15) is 10.1 Å². The predicted molar refractivity (Wildman–Crippen MR) is 95.6 cm³/mol. The van der Waals surface area contributed by atoms with Crippen LogP contribution in [0.25, 0.3) is 0 Å². The van der Waals surface area contributed by atoms with Crippen molar-refractivity contribution in [2.75, 3.05) is 18.0 Å². The van der Waals surface area contributed by atoms with Crippen LogP contribution in [-0.2, 0) is 0 Å². The lowest BCUT2D eigenvalue weighted by atomic mass is 10.3. The van der Waals surface area contributed by atoms with Crippen LogP contribution in [0.3, 0.4) is 0 Å². The number of hydrogen-bond acceptors (Lipinski definition) is 8. The average Bonchev–Trinajstić information content (AvgIpc) is 2.63. The van der Waals surface area contributed by atoms with Crippen LogP contribution in [0.1, 0.15) is 12.8 Å². The average molecular weight is 417 g/mol. The van der Waals surface area contributed by atoms with Crippen molar-refractivity contribution in [1.82, 2.24) is 9.97 Å². The normalized spacial score (nSPS) is 9.81. The molecule has 0 atom stereocenters. The predicted octanol–water partition coefficient (Wildman–Crippen LogP) is 3.57. The molecule has 0 saturated carbocycles. The third kappa shape index (κ3) is 4.88. The highest BCUT2D eigenvalue weighted by Gasteiger charge is 2.28. The van der Waals surface area contributed by atoms with Gasteiger partial charge in [0.25, 0.3) is 0 Å². The first-order chi connectivity index (χ1) is 12.6. The van der Waals surface area contributed by atoms with Crippen molar-refractivity contribution in [3.8, 4) is 23.8 Å². The van der Waals surface area contributed by atoms with E-state index in [0.29, 0.717) is 5.75 Å². The molecule has 132 valence electrons. The van der Waals surface area contributed by atoms with Gasteiger partial charge in [0.2, 0.25) is 5.82 Å². The van der Waals surface area contributed by atoms with Gasteiger partial charge in [0.1, 0.15) is 12.1 Å². The molecule has 0 spiro atoms. The third-order valence-electron chi connectivity index (χ3n) is 3.27. The molecular formula is C16H13BrN6O3. The fourth-order valence-corrected chi connectivity index (χ4v) is 2.39. The van der Waals surface area contributed by atoms with Crippen molar-refractivity contribution in [3.63, 3.8) is 0 Å². The van der Waals surface area contributed by atoms with Crippen LogP contribution in [0.15, 0.2) is 35.1 Å². The van der Waals surface area contributed by atoms with E-state index in [1.807, 2.05) is 12.1 Å². The molecule has 0 radical (unpaired) electrons. The molecule has 2 rings (SSSR count). The van der Waals surface area contributed by atoms with E-state index in [-0.39, 0.29) is 37.6 Å². The first kappa shape index (κ1) is 19.1. The van der Waals surface area contributed by atoms with Crippen molar-refractivity contribution in [2.45, 2.75) is 12.8 Å². The largest absolute Gasteiger partial charge is 0.434 e. The Morgan fingerprint density at radius 3 is 2.31 bits per heavy atom. The topological polar surface area (TPSA) is 129 Å². The van der Waals surface area contributed by atoms with E-state index in [1.54, 1.807) is 24.3 Å². The van der Waals surface area contributed by atoms with Crippen LogP contribution in [0.5, 0.6) is 11.6 Å². The molecule has 9 nitrogen and oxygen atoms in total. The Hall–Kier alpha value is -3.24. The Balaban J connectivity index is 2.42. The molecule has 26 heavy (non-hydrogen) atoms. The van der Waals surface area contributed by atoms with Gasteiger partial charge in [0.05, 0.1) is 29.9 Å². The lowest BCUT2D eigenvalue weighted by molar-refractivity contribution is -0.385. The zero-order valence-corrected chi connectivity index (χ0v) is 15.1. The molecule has 1 heterocycles. The molecule has 0 fully saturated rings. The minimum absolute atomic E-state index is 0.0163. The highest BCUT2D eigenvalue weighted by Crippen LogP contribution is 2.36. The summed E-state index contributed by atoms with van der Waals surface area (Å²) in [6, 6.07) is 10.7. The lowest BCUT2D eigenvalue weighted by Crippen LogP contribution is -2.27. The minimum atomic E-state index is -0.630. The number of hydrogen-bond donors (Lipinski definition) is 0. The second-order valence-electron chi connectivity index (χ2n) is 4.97. The summed E-state index contributed by atoms with van der Waals surface area (Å²) in [6.07, 6.45) is 1.42. The van der Waals surface area contributed by atoms with Crippen molar-refractivity contribution >= 4 is 27.4 Å². The van der Waals surface area contributed by atoms with E-state index in [4.69, 9.17) is 15.3 Å². The standard InChI is InChI=1S/C16H13BrN6O3/c17-12-3-5-13(6-4-12)26-16-14(23(24)25)15(20-11-21-16)22(9-1-7-18)10-2-8-19/h3-6,11H,1-2,9-10H2. The summed E-state index contributed by atoms with van der Waals surface area (Å²) in [7, 11) is 0. The zero-order chi connectivity index (χ0) is 18.9. The SMILES string of the molecule is N#CCCN(CCC#N)c1ncnc(Oc2ccc(Br)cc2)c1[N+](=O)[O-]. The quantitative estimate of drug-likeness (QED) is 0.471. The molecule has 0 saturated heterocycles. The Labute approximate surface area is 157 Å². The van der Waals surface area contributed by atoms with Gasteiger partial charge in [-0.2, -0.15) is 15.5 Å². The van der Waals surface area contributed by atoms with Gasteiger partial charge in [-0.1, -0.05) is 15.9 Å². The highest BCUT2D eigenvalue weighted by atomic mass is 79.9. The van der Waals surface area contributed by atoms with Crippen molar-refractivity contribution in [2.24, 2.45) is 0 Å². The number of halogens is 1. The van der Waals surface area contributed by atoms with Gasteiger partial charge >= 0.3 is 11.6 Å². The Morgan fingerprint density at radius 1 is 1.15 bits per heavy atom. The van der Waals surface area contributed by atoms with Gasteiger partial charge in [0, 0.05) is 17.6 Å². The van der Waals surface area contributed by atoms with Crippen molar-refractivity contribution in [3.05, 3.63) is 45.2 Å². The van der Waals surface area contributed by atoms with E-state index in [1.165, 1.54) is 4.90 Å². The summed E-state index contributed by atoms with van der Waals surface area (Å²) < 4.78 is 6.39.